The summed E-state index contributed by atoms with van der Waals surface area (Å²) in [5.41, 5.74) is 0.633. The third-order valence-corrected chi connectivity index (χ3v) is 4.23. The number of carbonyl (C=O) groups is 3. The van der Waals surface area contributed by atoms with Gasteiger partial charge >= 0.3 is 0 Å². The van der Waals surface area contributed by atoms with Crippen LogP contribution in [-0.4, -0.2) is 33.5 Å². The molecule has 7 heteroatoms. The van der Waals surface area contributed by atoms with Crippen LogP contribution >= 0.6 is 0 Å². The minimum atomic E-state index is -0.819. The maximum atomic E-state index is 12.5. The van der Waals surface area contributed by atoms with Crippen LogP contribution in [-0.2, 0) is 4.79 Å². The van der Waals surface area contributed by atoms with Crippen molar-refractivity contribution >= 4 is 23.3 Å². The lowest BCUT2D eigenvalue weighted by atomic mass is 10.1. The second kappa shape index (κ2) is 5.42. The molecule has 0 bridgehead atoms. The first-order valence-electron chi connectivity index (χ1n) is 7.26. The number of fused-ring (bicyclic) bond motifs is 1. The van der Waals surface area contributed by atoms with Gasteiger partial charge in [-0.1, -0.05) is 12.2 Å². The minimum Gasteiger partial charge on any atom is -0.297 e. The summed E-state index contributed by atoms with van der Waals surface area (Å²) in [6.45, 7) is 3.81. The quantitative estimate of drug-likeness (QED) is 0.274. The third-order valence-electron chi connectivity index (χ3n) is 4.23. The molecule has 0 unspecified atom stereocenters. The van der Waals surface area contributed by atoms with Crippen LogP contribution in [0.5, 0.6) is 0 Å². The first kappa shape index (κ1) is 15.1. The molecule has 1 aromatic rings. The Hall–Kier alpha value is -2.83. The largest absolute Gasteiger partial charge is 0.297 e. The highest BCUT2D eigenvalue weighted by atomic mass is 16.6. The molecule has 2 amide bonds. The normalized spacial score (nSPS) is 21.4. The van der Waals surface area contributed by atoms with E-state index in [0.717, 1.165) is 16.5 Å². The second-order valence-corrected chi connectivity index (χ2v) is 5.77. The van der Waals surface area contributed by atoms with Gasteiger partial charge in [-0.2, -0.15) is 0 Å². The van der Waals surface area contributed by atoms with E-state index in [1.54, 1.807) is 0 Å². The van der Waals surface area contributed by atoms with Crippen LogP contribution in [0.3, 0.4) is 0 Å². The molecule has 1 saturated carbocycles. The zero-order valence-corrected chi connectivity index (χ0v) is 12.3. The summed E-state index contributed by atoms with van der Waals surface area (Å²) in [6, 6.07) is 2.73. The highest BCUT2D eigenvalue weighted by Crippen LogP contribution is 2.31. The zero-order chi connectivity index (χ0) is 16.7. The van der Waals surface area contributed by atoms with Crippen molar-refractivity contribution in [1.82, 2.24) is 4.90 Å². The van der Waals surface area contributed by atoms with Crippen LogP contribution in [0.25, 0.3) is 0 Å². The van der Waals surface area contributed by atoms with E-state index in [1.807, 2.05) is 0 Å². The van der Waals surface area contributed by atoms with E-state index in [9.17, 15) is 24.5 Å². The molecule has 0 N–H and O–H groups in total. The van der Waals surface area contributed by atoms with Gasteiger partial charge in [-0.3, -0.25) is 29.4 Å². The molecule has 1 aliphatic carbocycles. The number of carbonyl (C=O) groups excluding carboxylic acids is 3. The summed E-state index contributed by atoms with van der Waals surface area (Å²) in [5, 5.41) is 10.8. The van der Waals surface area contributed by atoms with Gasteiger partial charge in [0.15, 0.2) is 5.78 Å². The van der Waals surface area contributed by atoms with E-state index in [0.29, 0.717) is 19.3 Å². The van der Waals surface area contributed by atoms with Gasteiger partial charge in [0.1, 0.15) is 0 Å². The molecule has 0 spiro atoms. The number of nitrogens with zero attached hydrogens (tertiary/aromatic N) is 2. The Kier molecular flexibility index (Phi) is 3.55. The van der Waals surface area contributed by atoms with E-state index < -0.39 is 22.8 Å². The van der Waals surface area contributed by atoms with E-state index >= 15 is 0 Å². The van der Waals surface area contributed by atoms with Crippen LogP contribution in [0.4, 0.5) is 5.69 Å². The van der Waals surface area contributed by atoms with Gasteiger partial charge in [-0.15, -0.1) is 0 Å². The Morgan fingerprint density at radius 3 is 2.57 bits per heavy atom. The number of benzene rings is 1. The highest BCUT2D eigenvalue weighted by Gasteiger charge is 2.43. The molecular formula is C16H14N2O5. The first-order valence-corrected chi connectivity index (χ1v) is 7.26. The summed E-state index contributed by atoms with van der Waals surface area (Å²) < 4.78 is 0. The number of hydrogen-bond acceptors (Lipinski definition) is 5. The Bertz CT molecular complexity index is 768. The molecular weight excluding hydrogens is 300 g/mol. The molecule has 1 aromatic carbocycles. The van der Waals surface area contributed by atoms with Crippen molar-refractivity contribution in [3.05, 3.63) is 51.6 Å². The Labute approximate surface area is 131 Å². The van der Waals surface area contributed by atoms with Crippen molar-refractivity contribution in [2.45, 2.75) is 31.7 Å². The molecule has 0 radical (unpaired) electrons. The fourth-order valence-corrected chi connectivity index (χ4v) is 3.08. The van der Waals surface area contributed by atoms with Crippen molar-refractivity contribution in [1.29, 1.82) is 0 Å². The number of non-ortho nitro benzene ring substituents is 1. The van der Waals surface area contributed by atoms with Gasteiger partial charge in [0.25, 0.3) is 17.5 Å². The van der Waals surface area contributed by atoms with Gasteiger partial charge in [-0.05, 0) is 25.3 Å². The highest BCUT2D eigenvalue weighted by molar-refractivity contribution is 6.23. The van der Waals surface area contributed by atoms with Gasteiger partial charge in [0, 0.05) is 18.6 Å². The summed E-state index contributed by atoms with van der Waals surface area (Å²) in [6.07, 6.45) is 1.91. The number of amides is 2. The van der Waals surface area contributed by atoms with Gasteiger partial charge in [0.05, 0.1) is 22.1 Å². The van der Waals surface area contributed by atoms with Crippen molar-refractivity contribution in [3.63, 3.8) is 0 Å². The molecule has 1 fully saturated rings. The summed E-state index contributed by atoms with van der Waals surface area (Å²) >= 11 is 0. The Balaban J connectivity index is 1.98. The van der Waals surface area contributed by atoms with Crippen LogP contribution in [0.1, 0.15) is 46.4 Å². The van der Waals surface area contributed by atoms with Crippen LogP contribution in [0, 0.1) is 10.1 Å². The van der Waals surface area contributed by atoms with Crippen LogP contribution < -0.4 is 0 Å². The van der Waals surface area contributed by atoms with Crippen molar-refractivity contribution in [2.24, 2.45) is 0 Å². The molecule has 7 nitrogen and oxygen atoms in total. The zero-order valence-electron chi connectivity index (χ0n) is 12.3. The smallest absolute Gasteiger partial charge is 0.270 e. The predicted molar refractivity (Wildman–Crippen MR) is 80.0 cm³/mol. The number of ketones is 1. The monoisotopic (exact) mass is 314 g/mol. The lowest BCUT2D eigenvalue weighted by Gasteiger charge is -2.23. The Morgan fingerprint density at radius 1 is 1.17 bits per heavy atom. The number of hydrogen-bond donors (Lipinski definition) is 0. The lowest BCUT2D eigenvalue weighted by Crippen LogP contribution is -2.44. The van der Waals surface area contributed by atoms with Gasteiger partial charge < -0.3 is 0 Å². The molecule has 23 heavy (non-hydrogen) atoms. The van der Waals surface area contributed by atoms with Crippen molar-refractivity contribution in [2.75, 3.05) is 0 Å². The van der Waals surface area contributed by atoms with E-state index in [2.05, 4.69) is 6.58 Å². The standard InChI is InChI=1S/C16H14N2O5/c1-9-3-2-4-13(14(19)7-9)17-15(20)11-6-5-10(18(22)23)8-12(11)16(17)21/h5-6,8,13H,1-4,7H2/t13-/m0/s1. The van der Waals surface area contributed by atoms with Gasteiger partial charge in [-0.25, -0.2) is 0 Å². The van der Waals surface area contributed by atoms with Crippen molar-refractivity contribution in [3.8, 4) is 0 Å². The molecule has 1 atom stereocenters. The first-order chi connectivity index (χ1) is 10.9. The molecule has 0 saturated heterocycles. The third kappa shape index (κ3) is 2.44. The fourth-order valence-electron chi connectivity index (χ4n) is 3.08. The van der Waals surface area contributed by atoms with E-state index in [4.69, 9.17) is 0 Å². The second-order valence-electron chi connectivity index (χ2n) is 5.77. The molecule has 3 rings (SSSR count). The summed E-state index contributed by atoms with van der Waals surface area (Å²) in [5.74, 6) is -1.41. The minimum absolute atomic E-state index is 0.0138. The van der Waals surface area contributed by atoms with Crippen LogP contribution in [0.15, 0.2) is 30.4 Å². The number of nitro groups is 1. The number of Topliss-reactive ketones (excluding diaryl/α,β-unsaturated/α-hetero) is 1. The summed E-state index contributed by atoms with van der Waals surface area (Å²) in [4.78, 5) is 48.5. The molecule has 118 valence electrons. The maximum Gasteiger partial charge on any atom is 0.270 e. The molecule has 1 aliphatic heterocycles. The molecule has 1 heterocycles. The van der Waals surface area contributed by atoms with E-state index in [1.165, 1.54) is 12.1 Å². The number of rotatable bonds is 2. The molecule has 0 aromatic heterocycles. The van der Waals surface area contributed by atoms with Gasteiger partial charge in [0.2, 0.25) is 0 Å². The SMILES string of the molecule is C=C1CCC[C@H](N2C(=O)c3ccc([N+](=O)[O-])cc3C2=O)C(=O)C1. The number of nitro benzene ring substituents is 1. The molecule has 2 aliphatic rings. The lowest BCUT2D eigenvalue weighted by molar-refractivity contribution is -0.384. The number of imide groups is 1. The maximum absolute atomic E-state index is 12.5. The van der Waals surface area contributed by atoms with E-state index in [-0.39, 0.29) is 29.0 Å². The summed E-state index contributed by atoms with van der Waals surface area (Å²) in [7, 11) is 0. The van der Waals surface area contributed by atoms with Crippen LogP contribution in [0.2, 0.25) is 0 Å². The topological polar surface area (TPSA) is 97.6 Å². The Morgan fingerprint density at radius 2 is 1.87 bits per heavy atom. The van der Waals surface area contributed by atoms with Crippen molar-refractivity contribution < 1.29 is 19.3 Å². The average Bonchev–Trinajstić information content (AvgIpc) is 2.64. The fraction of sp³-hybridized carbons (Fsp3) is 0.312. The predicted octanol–water partition coefficient (Wildman–Crippen LogP) is 2.26. The average molecular weight is 314 g/mol. The number of allylic oxidation sites excluding steroid dienone is 1.